The second-order valence-electron chi connectivity index (χ2n) is 6.22. The first-order chi connectivity index (χ1) is 6.87. The maximum Gasteiger partial charge on any atom is 0.0700 e. The van der Waals surface area contributed by atoms with Crippen LogP contribution in [0, 0.1) is 11.3 Å². The van der Waals surface area contributed by atoms with Crippen LogP contribution in [-0.4, -0.2) is 23.8 Å². The first-order valence-electron chi connectivity index (χ1n) is 6.30. The smallest absolute Gasteiger partial charge is 0.0700 e. The molecule has 1 aliphatic rings. The Morgan fingerprint density at radius 3 is 2.60 bits per heavy atom. The predicted molar refractivity (Wildman–Crippen MR) is 64.9 cm³/mol. The van der Waals surface area contributed by atoms with Gasteiger partial charge in [-0.05, 0) is 43.6 Å². The summed E-state index contributed by atoms with van der Waals surface area (Å²) < 4.78 is 0. The summed E-state index contributed by atoms with van der Waals surface area (Å²) in [6, 6.07) is 0. The van der Waals surface area contributed by atoms with E-state index >= 15 is 0 Å². The van der Waals surface area contributed by atoms with Crippen LogP contribution in [0.3, 0.4) is 0 Å². The van der Waals surface area contributed by atoms with Crippen molar-refractivity contribution in [2.24, 2.45) is 11.3 Å². The zero-order valence-electron chi connectivity index (χ0n) is 10.8. The predicted octanol–water partition coefficient (Wildman–Crippen LogP) is 2.56. The minimum Gasteiger partial charge on any atom is -0.390 e. The number of hydrogen-bond donors (Lipinski definition) is 2. The van der Waals surface area contributed by atoms with Crippen LogP contribution in [0.15, 0.2) is 0 Å². The molecule has 0 bridgehead atoms. The van der Waals surface area contributed by atoms with Crippen LogP contribution in [-0.2, 0) is 0 Å². The average molecular weight is 213 g/mol. The highest BCUT2D eigenvalue weighted by Gasteiger charge is 2.37. The SMILES string of the molecule is CCC1CNCCC1(O)CCC(C)(C)C. The molecule has 1 aliphatic heterocycles. The van der Waals surface area contributed by atoms with Crippen molar-refractivity contribution in [3.8, 4) is 0 Å². The molecule has 2 N–H and O–H groups in total. The lowest BCUT2D eigenvalue weighted by atomic mass is 9.74. The molecule has 0 saturated carbocycles. The highest BCUT2D eigenvalue weighted by molar-refractivity contribution is 4.92. The molecule has 1 rings (SSSR count). The lowest BCUT2D eigenvalue weighted by molar-refractivity contribution is -0.0553. The van der Waals surface area contributed by atoms with Gasteiger partial charge in [0, 0.05) is 6.54 Å². The molecule has 0 aromatic heterocycles. The van der Waals surface area contributed by atoms with Gasteiger partial charge in [0.1, 0.15) is 0 Å². The van der Waals surface area contributed by atoms with Crippen LogP contribution >= 0.6 is 0 Å². The van der Waals surface area contributed by atoms with Crippen LogP contribution in [0.5, 0.6) is 0 Å². The number of rotatable bonds is 3. The molecule has 90 valence electrons. The number of hydrogen-bond acceptors (Lipinski definition) is 2. The second-order valence-corrected chi connectivity index (χ2v) is 6.22. The molecular formula is C13H27NO. The van der Waals surface area contributed by atoms with E-state index in [1.165, 1.54) is 0 Å². The Kier molecular flexibility index (Phi) is 4.19. The third kappa shape index (κ3) is 3.76. The minimum absolute atomic E-state index is 0.332. The Bertz CT molecular complexity index is 197. The molecule has 15 heavy (non-hydrogen) atoms. The van der Waals surface area contributed by atoms with Gasteiger partial charge in [-0.2, -0.15) is 0 Å². The fraction of sp³-hybridized carbons (Fsp3) is 1.00. The molecule has 0 aromatic rings. The van der Waals surface area contributed by atoms with Crippen molar-refractivity contribution in [3.05, 3.63) is 0 Å². The minimum atomic E-state index is -0.409. The van der Waals surface area contributed by atoms with E-state index < -0.39 is 5.60 Å². The standard InChI is InChI=1S/C13H27NO/c1-5-11-10-14-9-8-13(11,15)7-6-12(2,3)4/h11,14-15H,5-10H2,1-4H3. The van der Waals surface area contributed by atoms with E-state index in [0.717, 1.165) is 38.8 Å². The molecule has 2 atom stereocenters. The summed E-state index contributed by atoms with van der Waals surface area (Å²) in [4.78, 5) is 0. The van der Waals surface area contributed by atoms with Crippen molar-refractivity contribution in [2.75, 3.05) is 13.1 Å². The fourth-order valence-electron chi connectivity index (χ4n) is 2.42. The molecule has 2 heteroatoms. The number of piperidine rings is 1. The Hall–Kier alpha value is -0.0800. The van der Waals surface area contributed by atoms with Crippen molar-refractivity contribution < 1.29 is 5.11 Å². The average Bonchev–Trinajstić information content (AvgIpc) is 2.15. The quantitative estimate of drug-likeness (QED) is 0.755. The lowest BCUT2D eigenvalue weighted by Gasteiger charge is -2.41. The number of aliphatic hydroxyl groups is 1. The van der Waals surface area contributed by atoms with E-state index in [0.29, 0.717) is 11.3 Å². The van der Waals surface area contributed by atoms with Crippen molar-refractivity contribution in [3.63, 3.8) is 0 Å². The summed E-state index contributed by atoms with van der Waals surface area (Å²) in [6.45, 7) is 10.9. The molecule has 1 saturated heterocycles. The van der Waals surface area contributed by atoms with Gasteiger partial charge < -0.3 is 10.4 Å². The Balaban J connectivity index is 2.54. The fourth-order valence-corrected chi connectivity index (χ4v) is 2.42. The topological polar surface area (TPSA) is 32.3 Å². The molecular weight excluding hydrogens is 186 g/mol. The molecule has 0 spiro atoms. The third-order valence-corrected chi connectivity index (χ3v) is 3.69. The van der Waals surface area contributed by atoms with Gasteiger partial charge in [0.2, 0.25) is 0 Å². The van der Waals surface area contributed by atoms with Crippen LogP contribution in [0.2, 0.25) is 0 Å². The second kappa shape index (κ2) is 4.84. The van der Waals surface area contributed by atoms with Gasteiger partial charge in [-0.15, -0.1) is 0 Å². The van der Waals surface area contributed by atoms with Gasteiger partial charge >= 0.3 is 0 Å². The van der Waals surface area contributed by atoms with Crippen molar-refractivity contribution >= 4 is 0 Å². The molecule has 0 amide bonds. The highest BCUT2D eigenvalue weighted by atomic mass is 16.3. The van der Waals surface area contributed by atoms with Crippen molar-refractivity contribution in [1.29, 1.82) is 0 Å². The third-order valence-electron chi connectivity index (χ3n) is 3.69. The van der Waals surface area contributed by atoms with Crippen LogP contribution < -0.4 is 5.32 Å². The summed E-state index contributed by atoms with van der Waals surface area (Å²) in [7, 11) is 0. The molecule has 2 nitrogen and oxygen atoms in total. The van der Waals surface area contributed by atoms with Crippen molar-refractivity contribution in [2.45, 2.75) is 59.0 Å². The maximum atomic E-state index is 10.7. The van der Waals surface area contributed by atoms with Crippen LogP contribution in [0.1, 0.15) is 53.4 Å². The summed E-state index contributed by atoms with van der Waals surface area (Å²) in [5, 5.41) is 14.0. The van der Waals surface area contributed by atoms with Crippen LogP contribution in [0.4, 0.5) is 0 Å². The monoisotopic (exact) mass is 213 g/mol. The molecule has 2 unspecified atom stereocenters. The summed E-state index contributed by atoms with van der Waals surface area (Å²) >= 11 is 0. The number of nitrogens with one attached hydrogen (secondary N) is 1. The molecule has 1 fully saturated rings. The summed E-state index contributed by atoms with van der Waals surface area (Å²) in [5.41, 5.74) is -0.0772. The molecule has 0 aliphatic carbocycles. The van der Waals surface area contributed by atoms with Gasteiger partial charge in [-0.25, -0.2) is 0 Å². The van der Waals surface area contributed by atoms with Gasteiger partial charge in [-0.3, -0.25) is 0 Å². The molecule has 0 aromatic carbocycles. The van der Waals surface area contributed by atoms with Gasteiger partial charge in [0.05, 0.1) is 5.60 Å². The maximum absolute atomic E-state index is 10.7. The van der Waals surface area contributed by atoms with Crippen molar-refractivity contribution in [1.82, 2.24) is 5.32 Å². The highest BCUT2D eigenvalue weighted by Crippen LogP contribution is 2.35. The first kappa shape index (κ1) is 13.0. The van der Waals surface area contributed by atoms with E-state index in [9.17, 15) is 5.11 Å². The van der Waals surface area contributed by atoms with Gasteiger partial charge in [0.25, 0.3) is 0 Å². The van der Waals surface area contributed by atoms with E-state index in [1.54, 1.807) is 0 Å². The summed E-state index contributed by atoms with van der Waals surface area (Å²) in [6.07, 6.45) is 4.06. The molecule has 1 heterocycles. The van der Waals surface area contributed by atoms with E-state index in [4.69, 9.17) is 0 Å². The Morgan fingerprint density at radius 2 is 2.07 bits per heavy atom. The lowest BCUT2D eigenvalue weighted by Crippen LogP contribution is -2.50. The van der Waals surface area contributed by atoms with Crippen LogP contribution in [0.25, 0.3) is 0 Å². The normalized spacial score (nSPS) is 33.0. The first-order valence-corrected chi connectivity index (χ1v) is 6.30. The largest absolute Gasteiger partial charge is 0.390 e. The zero-order chi connectivity index (χ0) is 11.5. The zero-order valence-corrected chi connectivity index (χ0v) is 10.8. The molecule has 0 radical (unpaired) electrons. The van der Waals surface area contributed by atoms with E-state index in [1.807, 2.05) is 0 Å². The Labute approximate surface area is 94.5 Å². The van der Waals surface area contributed by atoms with Gasteiger partial charge in [0.15, 0.2) is 0 Å². The van der Waals surface area contributed by atoms with E-state index in [-0.39, 0.29) is 0 Å². The Morgan fingerprint density at radius 1 is 1.40 bits per heavy atom. The van der Waals surface area contributed by atoms with E-state index in [2.05, 4.69) is 33.0 Å². The summed E-state index contributed by atoms with van der Waals surface area (Å²) in [5.74, 6) is 0.439. The van der Waals surface area contributed by atoms with Gasteiger partial charge in [-0.1, -0.05) is 27.7 Å².